The Morgan fingerprint density at radius 3 is 2.63 bits per heavy atom. The second-order valence-corrected chi connectivity index (χ2v) is 6.69. The molecule has 1 fully saturated rings. The summed E-state index contributed by atoms with van der Waals surface area (Å²) in [6.45, 7) is 6.10. The maximum absolute atomic E-state index is 6.25. The minimum atomic E-state index is 0. The van der Waals surface area contributed by atoms with Gasteiger partial charge < -0.3 is 24.8 Å². The molecular weight excluding hydrogens is 457 g/mol. The van der Waals surface area contributed by atoms with Crippen LogP contribution in [0, 0.1) is 0 Å². The van der Waals surface area contributed by atoms with Gasteiger partial charge >= 0.3 is 0 Å². The molecule has 0 heterocycles. The molecule has 154 valence electrons. The zero-order chi connectivity index (χ0) is 18.8. The van der Waals surface area contributed by atoms with Gasteiger partial charge in [-0.1, -0.05) is 0 Å². The maximum atomic E-state index is 6.25. The molecule has 0 radical (unpaired) electrons. The van der Waals surface area contributed by atoms with Gasteiger partial charge in [0.2, 0.25) is 0 Å². The highest BCUT2D eigenvalue weighted by Gasteiger charge is 2.18. The average Bonchev–Trinajstić information content (AvgIpc) is 3.13. The molecule has 7 heteroatoms. The first-order chi connectivity index (χ1) is 12.7. The lowest BCUT2D eigenvalue weighted by molar-refractivity contribution is 0.179. The van der Waals surface area contributed by atoms with E-state index in [4.69, 9.17) is 19.2 Å². The summed E-state index contributed by atoms with van der Waals surface area (Å²) in [5.41, 5.74) is 1.06. The summed E-state index contributed by atoms with van der Waals surface area (Å²) < 4.78 is 16.8. The van der Waals surface area contributed by atoms with E-state index in [1.165, 1.54) is 12.8 Å². The number of guanidine groups is 1. The van der Waals surface area contributed by atoms with Crippen molar-refractivity contribution < 1.29 is 14.2 Å². The van der Waals surface area contributed by atoms with Crippen molar-refractivity contribution in [3.05, 3.63) is 23.8 Å². The lowest BCUT2D eigenvalue weighted by atomic mass is 10.2. The van der Waals surface area contributed by atoms with Crippen molar-refractivity contribution >= 4 is 29.9 Å². The van der Waals surface area contributed by atoms with E-state index in [9.17, 15) is 0 Å². The van der Waals surface area contributed by atoms with Crippen LogP contribution in [0.4, 0.5) is 0 Å². The van der Waals surface area contributed by atoms with Gasteiger partial charge in [0.05, 0.1) is 26.4 Å². The van der Waals surface area contributed by atoms with Crippen LogP contribution in [0.25, 0.3) is 0 Å². The molecule has 27 heavy (non-hydrogen) atoms. The van der Waals surface area contributed by atoms with Gasteiger partial charge in [-0.15, -0.1) is 24.0 Å². The fraction of sp³-hybridized carbons (Fsp3) is 0.650. The SMILES string of the molecule is CCNC(=NCc1ccc(OC)cc1OC1CCCC1)NC(C)COC.I. The van der Waals surface area contributed by atoms with Gasteiger partial charge in [-0.3, -0.25) is 0 Å². The molecule has 1 aromatic carbocycles. The molecular formula is C20H34IN3O3. The molecule has 1 aliphatic carbocycles. The normalized spacial score (nSPS) is 15.8. The number of aliphatic imine (C=N–C) groups is 1. The Labute approximate surface area is 180 Å². The highest BCUT2D eigenvalue weighted by Crippen LogP contribution is 2.30. The first-order valence-electron chi connectivity index (χ1n) is 9.53. The zero-order valence-electron chi connectivity index (χ0n) is 16.9. The molecule has 6 nitrogen and oxygen atoms in total. The topological polar surface area (TPSA) is 64.1 Å². The van der Waals surface area contributed by atoms with Crippen LogP contribution in [0.2, 0.25) is 0 Å². The van der Waals surface area contributed by atoms with Gasteiger partial charge in [-0.2, -0.15) is 0 Å². The largest absolute Gasteiger partial charge is 0.497 e. The second-order valence-electron chi connectivity index (χ2n) is 6.69. The van der Waals surface area contributed by atoms with E-state index in [0.717, 1.165) is 42.4 Å². The van der Waals surface area contributed by atoms with Crippen molar-refractivity contribution in [1.29, 1.82) is 0 Å². The van der Waals surface area contributed by atoms with Crippen molar-refractivity contribution in [3.63, 3.8) is 0 Å². The lowest BCUT2D eigenvalue weighted by Crippen LogP contribution is -2.43. The molecule has 0 bridgehead atoms. The molecule has 0 aliphatic heterocycles. The van der Waals surface area contributed by atoms with E-state index in [1.807, 2.05) is 18.2 Å². The smallest absolute Gasteiger partial charge is 0.191 e. The number of hydrogen-bond donors (Lipinski definition) is 2. The predicted octanol–water partition coefficient (Wildman–Crippen LogP) is 3.72. The van der Waals surface area contributed by atoms with Crippen LogP contribution < -0.4 is 20.1 Å². The third kappa shape index (κ3) is 8.13. The number of methoxy groups -OCH3 is 2. The summed E-state index contributed by atoms with van der Waals surface area (Å²) in [5.74, 6) is 2.46. The molecule has 1 saturated carbocycles. The zero-order valence-corrected chi connectivity index (χ0v) is 19.2. The van der Waals surface area contributed by atoms with Crippen LogP contribution in [0.5, 0.6) is 11.5 Å². The van der Waals surface area contributed by atoms with Crippen molar-refractivity contribution in [2.24, 2.45) is 4.99 Å². The van der Waals surface area contributed by atoms with Gasteiger partial charge in [-0.25, -0.2) is 4.99 Å². The molecule has 0 saturated heterocycles. The number of nitrogens with zero attached hydrogens (tertiary/aromatic N) is 1. The van der Waals surface area contributed by atoms with Crippen molar-refractivity contribution in [3.8, 4) is 11.5 Å². The molecule has 2 N–H and O–H groups in total. The van der Waals surface area contributed by atoms with Gasteiger partial charge in [-0.05, 0) is 51.7 Å². The first kappa shape index (κ1) is 23.8. The summed E-state index contributed by atoms with van der Waals surface area (Å²) in [5, 5.41) is 6.63. The molecule has 2 rings (SSSR count). The van der Waals surface area contributed by atoms with Gasteiger partial charge in [0.25, 0.3) is 0 Å². The number of hydrogen-bond acceptors (Lipinski definition) is 4. The summed E-state index contributed by atoms with van der Waals surface area (Å²) in [4.78, 5) is 4.71. The van der Waals surface area contributed by atoms with Gasteiger partial charge in [0, 0.05) is 31.3 Å². The van der Waals surface area contributed by atoms with Gasteiger partial charge in [0.15, 0.2) is 5.96 Å². The predicted molar refractivity (Wildman–Crippen MR) is 121 cm³/mol. The average molecular weight is 491 g/mol. The highest BCUT2D eigenvalue weighted by atomic mass is 127. The third-order valence-electron chi connectivity index (χ3n) is 4.42. The minimum absolute atomic E-state index is 0. The second kappa shape index (κ2) is 13.0. The minimum Gasteiger partial charge on any atom is -0.497 e. The number of ether oxygens (including phenoxy) is 3. The Morgan fingerprint density at radius 2 is 2.00 bits per heavy atom. The van der Waals surface area contributed by atoms with Crippen molar-refractivity contribution in [1.82, 2.24) is 10.6 Å². The van der Waals surface area contributed by atoms with E-state index in [2.05, 4.69) is 24.5 Å². The molecule has 1 aromatic rings. The third-order valence-corrected chi connectivity index (χ3v) is 4.42. The van der Waals surface area contributed by atoms with E-state index in [1.54, 1.807) is 14.2 Å². The summed E-state index contributed by atoms with van der Waals surface area (Å²) in [6.07, 6.45) is 5.04. The monoisotopic (exact) mass is 491 g/mol. The van der Waals surface area contributed by atoms with Crippen molar-refractivity contribution in [2.75, 3.05) is 27.4 Å². The number of halogens is 1. The van der Waals surface area contributed by atoms with Crippen LogP contribution in [-0.4, -0.2) is 45.5 Å². The maximum Gasteiger partial charge on any atom is 0.191 e. The van der Waals surface area contributed by atoms with Crippen LogP contribution in [-0.2, 0) is 11.3 Å². The van der Waals surface area contributed by atoms with Crippen LogP contribution in [0.15, 0.2) is 23.2 Å². The Balaban J connectivity index is 0.00000364. The first-order valence-corrected chi connectivity index (χ1v) is 9.53. The van der Waals surface area contributed by atoms with Gasteiger partial charge in [0.1, 0.15) is 11.5 Å². The highest BCUT2D eigenvalue weighted by molar-refractivity contribution is 14.0. The van der Waals surface area contributed by atoms with E-state index in [0.29, 0.717) is 19.3 Å². The van der Waals surface area contributed by atoms with E-state index in [-0.39, 0.29) is 30.0 Å². The number of rotatable bonds is 9. The Bertz CT molecular complexity index is 578. The fourth-order valence-electron chi connectivity index (χ4n) is 3.10. The Morgan fingerprint density at radius 1 is 1.26 bits per heavy atom. The molecule has 0 aromatic heterocycles. The molecule has 1 unspecified atom stereocenters. The number of nitrogens with one attached hydrogen (secondary N) is 2. The Hall–Kier alpha value is -1.22. The van der Waals surface area contributed by atoms with Crippen LogP contribution in [0.1, 0.15) is 45.1 Å². The standard InChI is InChI=1S/C20H33N3O3.HI/c1-5-21-20(23-15(2)14-24-3)22-13-16-10-11-18(25-4)12-19(16)26-17-8-6-7-9-17;/h10-12,15,17H,5-9,13-14H2,1-4H3,(H2,21,22,23);1H. The summed E-state index contributed by atoms with van der Waals surface area (Å²) in [6, 6.07) is 6.15. The van der Waals surface area contributed by atoms with E-state index >= 15 is 0 Å². The molecule has 0 amide bonds. The quantitative estimate of drug-likeness (QED) is 0.313. The molecule has 1 aliphatic rings. The molecule has 0 spiro atoms. The van der Waals surface area contributed by atoms with Crippen molar-refractivity contribution in [2.45, 2.75) is 58.2 Å². The van der Waals surface area contributed by atoms with Crippen LogP contribution in [0.3, 0.4) is 0 Å². The lowest BCUT2D eigenvalue weighted by Gasteiger charge is -2.19. The van der Waals surface area contributed by atoms with Crippen LogP contribution >= 0.6 is 24.0 Å². The number of benzene rings is 1. The Kier molecular flexibility index (Phi) is 11.5. The molecule has 1 atom stereocenters. The summed E-state index contributed by atoms with van der Waals surface area (Å²) >= 11 is 0. The van der Waals surface area contributed by atoms with E-state index < -0.39 is 0 Å². The summed E-state index contributed by atoms with van der Waals surface area (Å²) in [7, 11) is 3.38. The fourth-order valence-corrected chi connectivity index (χ4v) is 3.10.